The van der Waals surface area contributed by atoms with E-state index in [-0.39, 0.29) is 17.5 Å². The van der Waals surface area contributed by atoms with Gasteiger partial charge < -0.3 is 4.52 Å². The average Bonchev–Trinajstić information content (AvgIpc) is 3.01. The lowest BCUT2D eigenvalue weighted by Crippen LogP contribution is -2.09. The first-order chi connectivity index (χ1) is 9.15. The van der Waals surface area contributed by atoms with Crippen molar-refractivity contribution >= 4 is 17.5 Å². The molecule has 19 heavy (non-hydrogen) atoms. The first kappa shape index (κ1) is 12.3. The number of Topliss-reactive ketones (excluding diaryl/α,β-unsaturated/α-hetero) is 1. The van der Waals surface area contributed by atoms with Gasteiger partial charge in [-0.15, -0.1) is 0 Å². The maximum atomic E-state index is 13.1. The number of carbonyl (C=O) groups is 1. The van der Waals surface area contributed by atoms with Gasteiger partial charge in [-0.3, -0.25) is 4.79 Å². The summed E-state index contributed by atoms with van der Waals surface area (Å²) in [6.45, 7) is 0. The van der Waals surface area contributed by atoms with Crippen LogP contribution in [0.25, 0.3) is 11.4 Å². The van der Waals surface area contributed by atoms with Gasteiger partial charge in [0.1, 0.15) is 5.92 Å². The van der Waals surface area contributed by atoms with Crippen LogP contribution in [0.3, 0.4) is 0 Å². The number of thioether (sulfide) groups is 1. The van der Waals surface area contributed by atoms with E-state index in [1.807, 2.05) is 0 Å². The molecule has 7 heteroatoms. The topological polar surface area (TPSA) is 56.0 Å². The van der Waals surface area contributed by atoms with Gasteiger partial charge in [-0.25, -0.2) is 8.78 Å². The van der Waals surface area contributed by atoms with Crippen molar-refractivity contribution < 1.29 is 18.1 Å². The second kappa shape index (κ2) is 4.73. The summed E-state index contributed by atoms with van der Waals surface area (Å²) in [7, 11) is 0. The number of halogens is 2. The molecule has 1 aromatic carbocycles. The zero-order chi connectivity index (χ0) is 13.4. The Bertz CT molecular complexity index is 644. The molecular formula is C12H8F2N2O2S. The van der Waals surface area contributed by atoms with Crippen molar-refractivity contribution in [3.63, 3.8) is 0 Å². The van der Waals surface area contributed by atoms with E-state index in [1.165, 1.54) is 17.8 Å². The molecule has 0 bridgehead atoms. The molecule has 0 saturated carbocycles. The molecule has 0 N–H and O–H groups in total. The van der Waals surface area contributed by atoms with Crippen LogP contribution >= 0.6 is 11.8 Å². The molecule has 0 spiro atoms. The molecule has 1 aromatic heterocycles. The van der Waals surface area contributed by atoms with Crippen LogP contribution in [0.4, 0.5) is 8.78 Å². The zero-order valence-corrected chi connectivity index (χ0v) is 10.4. The number of benzene rings is 1. The van der Waals surface area contributed by atoms with Gasteiger partial charge >= 0.3 is 0 Å². The first-order valence-corrected chi connectivity index (χ1v) is 6.70. The highest BCUT2D eigenvalue weighted by atomic mass is 32.2. The molecule has 4 nitrogen and oxygen atoms in total. The predicted molar refractivity (Wildman–Crippen MR) is 64.7 cm³/mol. The third-order valence-corrected chi connectivity index (χ3v) is 3.89. The summed E-state index contributed by atoms with van der Waals surface area (Å²) in [4.78, 5) is 15.6. The Morgan fingerprint density at radius 3 is 2.84 bits per heavy atom. The number of aromatic nitrogens is 2. The summed E-state index contributed by atoms with van der Waals surface area (Å²) in [6.07, 6.45) is 0. The minimum atomic E-state index is -0.976. The SMILES string of the molecule is O=C1CSCC1c1nc(-c2ccc(F)c(F)c2)no1. The van der Waals surface area contributed by atoms with Crippen molar-refractivity contribution in [3.8, 4) is 11.4 Å². The van der Waals surface area contributed by atoms with Crippen LogP contribution < -0.4 is 0 Å². The summed E-state index contributed by atoms with van der Waals surface area (Å²) in [5, 5.41) is 3.70. The van der Waals surface area contributed by atoms with E-state index in [4.69, 9.17) is 4.52 Å². The Hall–Kier alpha value is -1.76. The van der Waals surface area contributed by atoms with E-state index in [0.717, 1.165) is 12.1 Å². The number of ketones is 1. The lowest BCUT2D eigenvalue weighted by atomic mass is 10.1. The number of carbonyl (C=O) groups excluding carboxylic acids is 1. The van der Waals surface area contributed by atoms with Gasteiger partial charge in [0.15, 0.2) is 17.4 Å². The van der Waals surface area contributed by atoms with E-state index < -0.39 is 17.6 Å². The number of rotatable bonds is 2. The standard InChI is InChI=1S/C12H8F2N2O2S/c13-8-2-1-6(3-9(8)14)11-15-12(18-16-11)7-4-19-5-10(7)17/h1-3,7H,4-5H2. The molecule has 0 aliphatic carbocycles. The molecular weight excluding hydrogens is 274 g/mol. The number of hydrogen-bond acceptors (Lipinski definition) is 5. The third kappa shape index (κ3) is 2.25. The Labute approximate surface area is 111 Å². The Kier molecular flexibility index (Phi) is 3.06. The molecule has 2 heterocycles. The lowest BCUT2D eigenvalue weighted by Gasteiger charge is -1.98. The van der Waals surface area contributed by atoms with Gasteiger partial charge in [0, 0.05) is 11.3 Å². The highest BCUT2D eigenvalue weighted by molar-refractivity contribution is 8.00. The van der Waals surface area contributed by atoms with E-state index >= 15 is 0 Å². The van der Waals surface area contributed by atoms with Crippen LogP contribution in [0, 0.1) is 11.6 Å². The van der Waals surface area contributed by atoms with Gasteiger partial charge in [-0.1, -0.05) is 5.16 Å². The quantitative estimate of drug-likeness (QED) is 0.846. The monoisotopic (exact) mass is 282 g/mol. The van der Waals surface area contributed by atoms with Crippen LogP contribution in [0.15, 0.2) is 22.7 Å². The first-order valence-electron chi connectivity index (χ1n) is 5.54. The molecule has 3 rings (SSSR count). The molecule has 1 unspecified atom stereocenters. The van der Waals surface area contributed by atoms with Crippen molar-refractivity contribution in [2.75, 3.05) is 11.5 Å². The van der Waals surface area contributed by atoms with Crippen LogP contribution in [0.5, 0.6) is 0 Å². The number of hydrogen-bond donors (Lipinski definition) is 0. The maximum absolute atomic E-state index is 13.1. The van der Waals surface area contributed by atoms with Crippen molar-refractivity contribution in [1.29, 1.82) is 0 Å². The summed E-state index contributed by atoms with van der Waals surface area (Å²) in [5.74, 6) is -0.826. The molecule has 98 valence electrons. The molecule has 1 aliphatic heterocycles. The summed E-state index contributed by atoms with van der Waals surface area (Å²) < 4.78 is 31.0. The molecule has 1 atom stereocenters. The normalized spacial score (nSPS) is 19.1. The highest BCUT2D eigenvalue weighted by Crippen LogP contribution is 2.30. The van der Waals surface area contributed by atoms with E-state index in [0.29, 0.717) is 17.1 Å². The Balaban J connectivity index is 1.92. The average molecular weight is 282 g/mol. The summed E-state index contributed by atoms with van der Waals surface area (Å²) >= 11 is 1.51. The van der Waals surface area contributed by atoms with Gasteiger partial charge in [0.25, 0.3) is 0 Å². The predicted octanol–water partition coefficient (Wildman–Crippen LogP) is 2.41. The molecule has 0 radical (unpaired) electrons. The minimum absolute atomic E-state index is 0.0467. The van der Waals surface area contributed by atoms with E-state index in [2.05, 4.69) is 10.1 Å². The third-order valence-electron chi connectivity index (χ3n) is 2.84. The highest BCUT2D eigenvalue weighted by Gasteiger charge is 2.31. The Morgan fingerprint density at radius 2 is 2.16 bits per heavy atom. The Morgan fingerprint density at radius 1 is 1.32 bits per heavy atom. The van der Waals surface area contributed by atoms with Crippen LogP contribution in [0.1, 0.15) is 11.8 Å². The van der Waals surface area contributed by atoms with Crippen molar-refractivity contribution in [2.45, 2.75) is 5.92 Å². The fourth-order valence-corrected chi connectivity index (χ4v) is 2.89. The maximum Gasteiger partial charge on any atom is 0.238 e. The lowest BCUT2D eigenvalue weighted by molar-refractivity contribution is -0.117. The van der Waals surface area contributed by atoms with E-state index in [9.17, 15) is 13.6 Å². The van der Waals surface area contributed by atoms with Crippen LogP contribution in [0.2, 0.25) is 0 Å². The molecule has 2 aromatic rings. The fraction of sp³-hybridized carbons (Fsp3) is 0.250. The van der Waals surface area contributed by atoms with Crippen molar-refractivity contribution in [1.82, 2.24) is 10.1 Å². The largest absolute Gasteiger partial charge is 0.338 e. The van der Waals surface area contributed by atoms with Gasteiger partial charge in [-0.05, 0) is 18.2 Å². The van der Waals surface area contributed by atoms with E-state index in [1.54, 1.807) is 0 Å². The summed E-state index contributed by atoms with van der Waals surface area (Å²) in [5.41, 5.74) is 0.312. The fourth-order valence-electron chi connectivity index (χ4n) is 1.81. The number of nitrogens with zero attached hydrogens (tertiary/aromatic N) is 2. The second-order valence-corrected chi connectivity index (χ2v) is 5.15. The minimum Gasteiger partial charge on any atom is -0.338 e. The summed E-state index contributed by atoms with van der Waals surface area (Å²) in [6, 6.07) is 3.35. The van der Waals surface area contributed by atoms with Gasteiger partial charge in [0.2, 0.25) is 11.7 Å². The molecule has 1 saturated heterocycles. The zero-order valence-electron chi connectivity index (χ0n) is 9.60. The second-order valence-electron chi connectivity index (χ2n) is 4.12. The van der Waals surface area contributed by atoms with Gasteiger partial charge in [0.05, 0.1) is 5.75 Å². The van der Waals surface area contributed by atoms with Gasteiger partial charge in [-0.2, -0.15) is 16.7 Å². The molecule has 1 fully saturated rings. The smallest absolute Gasteiger partial charge is 0.238 e. The van der Waals surface area contributed by atoms with Crippen molar-refractivity contribution in [2.24, 2.45) is 0 Å². The molecule has 1 aliphatic rings. The van der Waals surface area contributed by atoms with Crippen molar-refractivity contribution in [3.05, 3.63) is 35.7 Å². The van der Waals surface area contributed by atoms with Crippen LogP contribution in [-0.2, 0) is 4.79 Å². The van der Waals surface area contributed by atoms with Crippen LogP contribution in [-0.4, -0.2) is 27.4 Å². The molecule has 0 amide bonds.